The first-order valence-corrected chi connectivity index (χ1v) is 6.35. The Hall–Kier alpha value is -2.69. The minimum Gasteiger partial charge on any atom is -0.388 e. The van der Waals surface area contributed by atoms with Crippen molar-refractivity contribution in [3.63, 3.8) is 0 Å². The molecule has 0 amide bonds. The van der Waals surface area contributed by atoms with Gasteiger partial charge in [0.15, 0.2) is 0 Å². The van der Waals surface area contributed by atoms with Crippen molar-refractivity contribution in [2.24, 2.45) is 0 Å². The molecular formula is C15H14N4O. The summed E-state index contributed by atoms with van der Waals surface area (Å²) < 4.78 is 1.68. The third-order valence-electron chi connectivity index (χ3n) is 3.18. The Balaban J connectivity index is 2.10. The molecule has 0 radical (unpaired) electrons. The van der Waals surface area contributed by atoms with Gasteiger partial charge >= 0.3 is 0 Å². The monoisotopic (exact) mass is 266 g/mol. The minimum atomic E-state index is -0.125. The molecule has 0 saturated heterocycles. The van der Waals surface area contributed by atoms with Gasteiger partial charge in [0.25, 0.3) is 5.56 Å². The van der Waals surface area contributed by atoms with Gasteiger partial charge in [-0.15, -0.1) is 0 Å². The van der Waals surface area contributed by atoms with Crippen LogP contribution in [0.1, 0.15) is 5.69 Å². The van der Waals surface area contributed by atoms with E-state index in [0.717, 1.165) is 22.4 Å². The van der Waals surface area contributed by atoms with E-state index in [-0.39, 0.29) is 5.56 Å². The van der Waals surface area contributed by atoms with E-state index in [1.165, 1.54) is 6.20 Å². The average molecular weight is 266 g/mol. The maximum Gasteiger partial charge on any atom is 0.269 e. The summed E-state index contributed by atoms with van der Waals surface area (Å²) in [6.45, 7) is 0.428. The maximum atomic E-state index is 12.0. The van der Waals surface area contributed by atoms with E-state index in [1.54, 1.807) is 10.8 Å². The Kier molecular flexibility index (Phi) is 3.16. The Morgan fingerprint density at radius 1 is 1.20 bits per heavy atom. The van der Waals surface area contributed by atoms with Gasteiger partial charge in [0.1, 0.15) is 0 Å². The highest BCUT2D eigenvalue weighted by Gasteiger charge is 2.05. The predicted octanol–water partition coefficient (Wildman–Crippen LogP) is 1.88. The number of benzene rings is 1. The van der Waals surface area contributed by atoms with Gasteiger partial charge in [0.05, 0.1) is 29.5 Å². The number of pyridine rings is 1. The van der Waals surface area contributed by atoms with Gasteiger partial charge < -0.3 is 5.32 Å². The lowest BCUT2D eigenvalue weighted by Gasteiger charge is -2.09. The molecule has 5 nitrogen and oxygen atoms in total. The summed E-state index contributed by atoms with van der Waals surface area (Å²) in [7, 11) is 1.85. The van der Waals surface area contributed by atoms with E-state index in [4.69, 9.17) is 0 Å². The first kappa shape index (κ1) is 12.3. The molecule has 0 aliphatic carbocycles. The lowest BCUT2D eigenvalue weighted by atomic mass is 10.2. The van der Waals surface area contributed by atoms with E-state index in [0.29, 0.717) is 6.54 Å². The molecule has 0 aliphatic rings. The SMILES string of the molecule is CNc1ccnc(Cn2c(=O)cnc3ccccc32)c1. The lowest BCUT2D eigenvalue weighted by Crippen LogP contribution is -2.21. The van der Waals surface area contributed by atoms with Crippen LogP contribution in [0, 0.1) is 0 Å². The fourth-order valence-corrected chi connectivity index (χ4v) is 2.16. The fraction of sp³-hybridized carbons (Fsp3) is 0.133. The van der Waals surface area contributed by atoms with Crippen molar-refractivity contribution in [2.75, 3.05) is 12.4 Å². The second-order valence-corrected chi connectivity index (χ2v) is 4.46. The lowest BCUT2D eigenvalue weighted by molar-refractivity contribution is 0.765. The van der Waals surface area contributed by atoms with Gasteiger partial charge in [0, 0.05) is 18.9 Å². The van der Waals surface area contributed by atoms with Crippen LogP contribution in [0.5, 0.6) is 0 Å². The first-order valence-electron chi connectivity index (χ1n) is 6.35. The molecule has 100 valence electrons. The second kappa shape index (κ2) is 5.13. The Morgan fingerprint density at radius 3 is 2.90 bits per heavy atom. The van der Waals surface area contributed by atoms with Crippen LogP contribution < -0.4 is 10.9 Å². The summed E-state index contributed by atoms with van der Waals surface area (Å²) in [4.78, 5) is 20.5. The smallest absolute Gasteiger partial charge is 0.269 e. The van der Waals surface area contributed by atoms with Crippen LogP contribution >= 0.6 is 0 Å². The molecule has 0 fully saturated rings. The van der Waals surface area contributed by atoms with Gasteiger partial charge in [-0.3, -0.25) is 14.3 Å². The van der Waals surface area contributed by atoms with Gasteiger partial charge in [0.2, 0.25) is 0 Å². The van der Waals surface area contributed by atoms with E-state index in [9.17, 15) is 4.79 Å². The molecule has 20 heavy (non-hydrogen) atoms. The summed E-state index contributed by atoms with van der Waals surface area (Å²) >= 11 is 0. The molecule has 0 aliphatic heterocycles. The average Bonchev–Trinajstić information content (AvgIpc) is 2.50. The highest BCUT2D eigenvalue weighted by Crippen LogP contribution is 2.12. The largest absolute Gasteiger partial charge is 0.388 e. The number of fused-ring (bicyclic) bond motifs is 1. The molecule has 3 rings (SSSR count). The van der Waals surface area contributed by atoms with Gasteiger partial charge in [-0.05, 0) is 24.3 Å². The number of para-hydroxylation sites is 2. The molecule has 0 unspecified atom stereocenters. The molecule has 2 aromatic heterocycles. The molecular weight excluding hydrogens is 252 g/mol. The highest BCUT2D eigenvalue weighted by atomic mass is 16.1. The van der Waals surface area contributed by atoms with E-state index < -0.39 is 0 Å². The van der Waals surface area contributed by atoms with E-state index in [2.05, 4.69) is 15.3 Å². The van der Waals surface area contributed by atoms with Crippen molar-refractivity contribution in [1.29, 1.82) is 0 Å². The molecule has 3 aromatic rings. The van der Waals surface area contributed by atoms with Crippen LogP contribution in [0.25, 0.3) is 11.0 Å². The molecule has 1 N–H and O–H groups in total. The number of anilines is 1. The summed E-state index contributed by atoms with van der Waals surface area (Å²) in [5.74, 6) is 0. The molecule has 1 aromatic carbocycles. The molecule has 2 heterocycles. The maximum absolute atomic E-state index is 12.0. The number of hydrogen-bond acceptors (Lipinski definition) is 4. The van der Waals surface area contributed by atoms with Crippen LogP contribution in [0.15, 0.2) is 53.6 Å². The molecule has 0 spiro atoms. The van der Waals surface area contributed by atoms with Crippen LogP contribution in [0.4, 0.5) is 5.69 Å². The van der Waals surface area contributed by atoms with Crippen LogP contribution in [0.2, 0.25) is 0 Å². The number of hydrogen-bond donors (Lipinski definition) is 1. The van der Waals surface area contributed by atoms with Gasteiger partial charge in [-0.2, -0.15) is 0 Å². The zero-order valence-corrected chi connectivity index (χ0v) is 11.1. The Morgan fingerprint density at radius 2 is 2.05 bits per heavy atom. The quantitative estimate of drug-likeness (QED) is 0.786. The standard InChI is InChI=1S/C15H14N4O/c1-16-11-6-7-17-12(8-11)10-19-14-5-3-2-4-13(14)18-9-15(19)20/h2-9H,10H2,1H3,(H,16,17). The van der Waals surface area contributed by atoms with E-state index >= 15 is 0 Å². The summed E-state index contributed by atoms with van der Waals surface area (Å²) in [5.41, 5.74) is 3.30. The van der Waals surface area contributed by atoms with Crippen molar-refractivity contribution in [3.8, 4) is 0 Å². The zero-order chi connectivity index (χ0) is 13.9. The summed E-state index contributed by atoms with van der Waals surface area (Å²) in [6, 6.07) is 11.4. The van der Waals surface area contributed by atoms with Gasteiger partial charge in [-0.1, -0.05) is 12.1 Å². The van der Waals surface area contributed by atoms with Crippen molar-refractivity contribution in [3.05, 3.63) is 64.8 Å². The zero-order valence-electron chi connectivity index (χ0n) is 11.1. The molecule has 5 heteroatoms. The third-order valence-corrected chi connectivity index (χ3v) is 3.18. The van der Waals surface area contributed by atoms with Crippen molar-refractivity contribution in [1.82, 2.24) is 14.5 Å². The van der Waals surface area contributed by atoms with Crippen molar-refractivity contribution >= 4 is 16.7 Å². The normalized spacial score (nSPS) is 10.7. The van der Waals surface area contributed by atoms with Crippen LogP contribution in [-0.4, -0.2) is 21.6 Å². The van der Waals surface area contributed by atoms with Crippen LogP contribution in [-0.2, 0) is 6.54 Å². The number of rotatable bonds is 3. The molecule has 0 saturated carbocycles. The Bertz CT molecular complexity index is 810. The van der Waals surface area contributed by atoms with E-state index in [1.807, 2.05) is 43.4 Å². The summed E-state index contributed by atoms with van der Waals surface area (Å²) in [5, 5.41) is 3.07. The number of nitrogens with zero attached hydrogens (tertiary/aromatic N) is 3. The summed E-state index contributed by atoms with van der Waals surface area (Å²) in [6.07, 6.45) is 3.08. The fourth-order valence-electron chi connectivity index (χ4n) is 2.16. The third kappa shape index (κ3) is 2.25. The Labute approximate surface area is 115 Å². The van der Waals surface area contributed by atoms with Crippen molar-refractivity contribution < 1.29 is 0 Å². The topological polar surface area (TPSA) is 59.8 Å². The number of aromatic nitrogens is 3. The van der Waals surface area contributed by atoms with Crippen molar-refractivity contribution in [2.45, 2.75) is 6.54 Å². The van der Waals surface area contributed by atoms with Gasteiger partial charge in [-0.25, -0.2) is 4.98 Å². The second-order valence-electron chi connectivity index (χ2n) is 4.46. The highest BCUT2D eigenvalue weighted by molar-refractivity contribution is 5.74. The molecule has 0 bridgehead atoms. The predicted molar refractivity (Wildman–Crippen MR) is 78.9 cm³/mol. The minimum absolute atomic E-state index is 0.125. The first-order chi connectivity index (χ1) is 9.78. The molecule has 0 atom stereocenters. The number of nitrogens with one attached hydrogen (secondary N) is 1. The van der Waals surface area contributed by atoms with Crippen LogP contribution in [0.3, 0.4) is 0 Å².